The molecular formula is C20H24N2O5S. The van der Waals surface area contributed by atoms with Crippen LogP contribution in [-0.2, 0) is 27.9 Å². The van der Waals surface area contributed by atoms with E-state index in [2.05, 4.69) is 4.72 Å². The summed E-state index contributed by atoms with van der Waals surface area (Å²) in [5.74, 6) is 0.866. The van der Waals surface area contributed by atoms with Gasteiger partial charge in [-0.3, -0.25) is 4.79 Å². The second kappa shape index (κ2) is 8.62. The lowest BCUT2D eigenvalue weighted by Crippen LogP contribution is -2.24. The molecule has 1 fully saturated rings. The standard InChI is InChI=1S/C20H24N2O5S/c1-26-17-9-10-18(27-2)19(12-17)28(24,25)21-13-15-5-7-16(8-6-15)14-22-11-3-4-20(22)23/h5-10,12,21H,3-4,11,13-14H2,1-2H3. The number of benzene rings is 2. The van der Waals surface area contributed by atoms with Crippen LogP contribution in [0.25, 0.3) is 0 Å². The lowest BCUT2D eigenvalue weighted by atomic mass is 10.1. The molecule has 0 spiro atoms. The molecule has 0 unspecified atom stereocenters. The van der Waals surface area contributed by atoms with Gasteiger partial charge in [0.25, 0.3) is 0 Å². The van der Waals surface area contributed by atoms with E-state index in [1.54, 1.807) is 12.1 Å². The van der Waals surface area contributed by atoms with Gasteiger partial charge in [-0.1, -0.05) is 24.3 Å². The fourth-order valence-electron chi connectivity index (χ4n) is 3.10. The minimum absolute atomic E-state index is 0.0264. The Morgan fingerprint density at radius 2 is 1.75 bits per heavy atom. The van der Waals surface area contributed by atoms with Crippen molar-refractivity contribution in [2.45, 2.75) is 30.8 Å². The predicted molar refractivity (Wildman–Crippen MR) is 105 cm³/mol. The van der Waals surface area contributed by atoms with Crippen molar-refractivity contribution in [3.8, 4) is 11.5 Å². The Morgan fingerprint density at radius 3 is 2.36 bits per heavy atom. The molecule has 1 aliphatic heterocycles. The molecule has 1 aliphatic rings. The van der Waals surface area contributed by atoms with E-state index < -0.39 is 10.0 Å². The van der Waals surface area contributed by atoms with E-state index in [1.807, 2.05) is 29.2 Å². The lowest BCUT2D eigenvalue weighted by molar-refractivity contribution is -0.128. The Bertz CT molecular complexity index is 942. The molecule has 1 saturated heterocycles. The minimum atomic E-state index is -3.78. The Morgan fingerprint density at radius 1 is 1.04 bits per heavy atom. The van der Waals surface area contributed by atoms with Crippen LogP contribution >= 0.6 is 0 Å². The zero-order valence-corrected chi connectivity index (χ0v) is 16.8. The number of carbonyl (C=O) groups excluding carboxylic acids is 1. The molecule has 8 heteroatoms. The molecule has 1 heterocycles. The van der Waals surface area contributed by atoms with Crippen molar-refractivity contribution in [1.29, 1.82) is 0 Å². The molecule has 7 nitrogen and oxygen atoms in total. The van der Waals surface area contributed by atoms with Gasteiger partial charge in [0.05, 0.1) is 14.2 Å². The highest BCUT2D eigenvalue weighted by Gasteiger charge is 2.21. The van der Waals surface area contributed by atoms with E-state index in [-0.39, 0.29) is 23.1 Å². The van der Waals surface area contributed by atoms with Crippen LogP contribution in [0.2, 0.25) is 0 Å². The van der Waals surface area contributed by atoms with Gasteiger partial charge in [0.2, 0.25) is 15.9 Å². The van der Waals surface area contributed by atoms with Crippen LogP contribution < -0.4 is 14.2 Å². The summed E-state index contributed by atoms with van der Waals surface area (Å²) in [6, 6.07) is 12.2. The molecule has 0 radical (unpaired) electrons. The number of amides is 1. The third-order valence-corrected chi connectivity index (χ3v) is 6.12. The first-order valence-electron chi connectivity index (χ1n) is 9.00. The summed E-state index contributed by atoms with van der Waals surface area (Å²) in [5, 5.41) is 0. The topological polar surface area (TPSA) is 84.9 Å². The zero-order valence-electron chi connectivity index (χ0n) is 16.0. The van der Waals surface area contributed by atoms with Crippen LogP contribution in [-0.4, -0.2) is 40.0 Å². The average molecular weight is 404 g/mol. The van der Waals surface area contributed by atoms with E-state index in [0.717, 1.165) is 24.1 Å². The van der Waals surface area contributed by atoms with Gasteiger partial charge >= 0.3 is 0 Å². The van der Waals surface area contributed by atoms with E-state index in [4.69, 9.17) is 9.47 Å². The number of nitrogens with zero attached hydrogens (tertiary/aromatic N) is 1. The maximum atomic E-state index is 12.7. The molecule has 0 saturated carbocycles. The molecule has 0 atom stereocenters. The normalized spacial score (nSPS) is 14.4. The first-order chi connectivity index (χ1) is 13.4. The van der Waals surface area contributed by atoms with Crippen molar-refractivity contribution in [1.82, 2.24) is 9.62 Å². The molecule has 28 heavy (non-hydrogen) atoms. The SMILES string of the molecule is COc1ccc(OC)c(S(=O)(=O)NCc2ccc(CN3CCCC3=O)cc2)c1. The van der Waals surface area contributed by atoms with Crippen molar-refractivity contribution in [3.63, 3.8) is 0 Å². The van der Waals surface area contributed by atoms with E-state index >= 15 is 0 Å². The summed E-state index contributed by atoms with van der Waals surface area (Å²) in [5.41, 5.74) is 1.85. The highest BCUT2D eigenvalue weighted by Crippen LogP contribution is 2.28. The number of hydrogen-bond donors (Lipinski definition) is 1. The van der Waals surface area contributed by atoms with Crippen LogP contribution in [0.15, 0.2) is 47.4 Å². The van der Waals surface area contributed by atoms with E-state index in [1.165, 1.54) is 20.3 Å². The van der Waals surface area contributed by atoms with E-state index in [0.29, 0.717) is 18.7 Å². The molecule has 2 aromatic rings. The number of carbonyl (C=O) groups is 1. The number of ether oxygens (including phenoxy) is 2. The second-order valence-electron chi connectivity index (χ2n) is 6.58. The smallest absolute Gasteiger partial charge is 0.244 e. The molecule has 3 rings (SSSR count). The van der Waals surface area contributed by atoms with E-state index in [9.17, 15) is 13.2 Å². The second-order valence-corrected chi connectivity index (χ2v) is 8.31. The Balaban J connectivity index is 1.67. The summed E-state index contributed by atoms with van der Waals surface area (Å²) in [7, 11) is -0.881. The maximum Gasteiger partial charge on any atom is 0.244 e. The number of likely N-dealkylation sites (tertiary alicyclic amines) is 1. The van der Waals surface area contributed by atoms with Crippen molar-refractivity contribution in [2.75, 3.05) is 20.8 Å². The monoisotopic (exact) mass is 404 g/mol. The third kappa shape index (κ3) is 4.63. The van der Waals surface area contributed by atoms with Gasteiger partial charge in [-0.2, -0.15) is 0 Å². The van der Waals surface area contributed by atoms with Gasteiger partial charge in [0.15, 0.2) is 0 Å². The zero-order chi connectivity index (χ0) is 20.1. The number of sulfonamides is 1. The molecule has 150 valence electrons. The fourth-order valence-corrected chi connectivity index (χ4v) is 4.30. The molecule has 1 N–H and O–H groups in total. The van der Waals surface area contributed by atoms with Crippen LogP contribution in [0.3, 0.4) is 0 Å². The Hall–Kier alpha value is -2.58. The van der Waals surface area contributed by atoms with Gasteiger partial charge in [-0.05, 0) is 29.7 Å². The summed E-state index contributed by atoms with van der Waals surface area (Å²) in [4.78, 5) is 13.6. The van der Waals surface area contributed by atoms with Gasteiger partial charge in [-0.15, -0.1) is 0 Å². The quantitative estimate of drug-likeness (QED) is 0.730. The number of hydrogen-bond acceptors (Lipinski definition) is 5. The van der Waals surface area contributed by atoms with Gasteiger partial charge in [0, 0.05) is 32.1 Å². The largest absolute Gasteiger partial charge is 0.497 e. The Labute approximate surface area is 165 Å². The highest BCUT2D eigenvalue weighted by atomic mass is 32.2. The molecule has 0 aromatic heterocycles. The molecule has 1 amide bonds. The van der Waals surface area contributed by atoms with Crippen LogP contribution in [0.5, 0.6) is 11.5 Å². The van der Waals surface area contributed by atoms with Crippen LogP contribution in [0.4, 0.5) is 0 Å². The molecule has 0 aliphatic carbocycles. The molecule has 2 aromatic carbocycles. The minimum Gasteiger partial charge on any atom is -0.497 e. The highest BCUT2D eigenvalue weighted by molar-refractivity contribution is 7.89. The summed E-state index contributed by atoms with van der Waals surface area (Å²) in [6.07, 6.45) is 1.53. The Kier molecular flexibility index (Phi) is 6.21. The molecule has 0 bridgehead atoms. The summed E-state index contributed by atoms with van der Waals surface area (Å²) in [6.45, 7) is 1.53. The van der Waals surface area contributed by atoms with Gasteiger partial charge in [-0.25, -0.2) is 13.1 Å². The first-order valence-corrected chi connectivity index (χ1v) is 10.5. The van der Waals surface area contributed by atoms with Crippen molar-refractivity contribution >= 4 is 15.9 Å². The average Bonchev–Trinajstić information content (AvgIpc) is 3.11. The maximum absolute atomic E-state index is 12.7. The van der Waals surface area contributed by atoms with Crippen molar-refractivity contribution in [2.24, 2.45) is 0 Å². The first kappa shape index (κ1) is 20.2. The van der Waals surface area contributed by atoms with Gasteiger partial charge < -0.3 is 14.4 Å². The van der Waals surface area contributed by atoms with Crippen LogP contribution in [0, 0.1) is 0 Å². The predicted octanol–water partition coefficient (Wildman–Crippen LogP) is 2.30. The number of rotatable bonds is 8. The van der Waals surface area contributed by atoms with Gasteiger partial charge in [0.1, 0.15) is 16.4 Å². The lowest BCUT2D eigenvalue weighted by Gasteiger charge is -2.16. The number of nitrogens with one attached hydrogen (secondary N) is 1. The number of methoxy groups -OCH3 is 2. The van der Waals surface area contributed by atoms with Crippen molar-refractivity contribution < 1.29 is 22.7 Å². The summed E-state index contributed by atoms with van der Waals surface area (Å²) >= 11 is 0. The third-order valence-electron chi connectivity index (χ3n) is 4.69. The van der Waals surface area contributed by atoms with Crippen LogP contribution in [0.1, 0.15) is 24.0 Å². The fraction of sp³-hybridized carbons (Fsp3) is 0.350. The summed E-state index contributed by atoms with van der Waals surface area (Å²) < 4.78 is 38.3. The molecular weight excluding hydrogens is 380 g/mol. The van der Waals surface area contributed by atoms with Crippen molar-refractivity contribution in [3.05, 3.63) is 53.6 Å².